The predicted octanol–water partition coefficient (Wildman–Crippen LogP) is 2.91. The topological polar surface area (TPSA) is 30.0 Å². The van der Waals surface area contributed by atoms with Gasteiger partial charge in [-0.3, -0.25) is 4.79 Å². The van der Waals surface area contributed by atoms with Gasteiger partial charge in [-0.1, -0.05) is 24.1 Å². The van der Waals surface area contributed by atoms with Crippen LogP contribution in [0.1, 0.15) is 32.9 Å². The molecule has 2 rings (SSSR count). The van der Waals surface area contributed by atoms with Crippen molar-refractivity contribution in [1.29, 1.82) is 0 Å². The fraction of sp³-hybridized carbons (Fsp3) is 0.125. The summed E-state index contributed by atoms with van der Waals surface area (Å²) in [4.78, 5) is 15.4. The molecule has 0 amide bonds. The summed E-state index contributed by atoms with van der Waals surface area (Å²) in [5, 5.41) is 0. The van der Waals surface area contributed by atoms with E-state index in [0.29, 0.717) is 11.3 Å². The van der Waals surface area contributed by atoms with Gasteiger partial charge in [0.2, 0.25) is 0 Å². The zero-order chi connectivity index (χ0) is 13.0. The first-order valence-electron chi connectivity index (χ1n) is 5.71. The molecule has 18 heavy (non-hydrogen) atoms. The molecule has 0 aliphatic rings. The number of rotatable bonds is 1. The van der Waals surface area contributed by atoms with E-state index in [2.05, 4.69) is 16.8 Å². The molecule has 0 aliphatic carbocycles. The molecular weight excluding hydrogens is 222 g/mol. The lowest BCUT2D eigenvalue weighted by molar-refractivity contribution is 0.112. The quantitative estimate of drug-likeness (QED) is 0.562. The number of benzene rings is 1. The molecule has 2 nitrogen and oxygen atoms in total. The van der Waals surface area contributed by atoms with Crippen LogP contribution in [-0.2, 0) is 0 Å². The maximum absolute atomic E-state index is 11.1. The first-order chi connectivity index (χ1) is 8.70. The van der Waals surface area contributed by atoms with Crippen molar-refractivity contribution in [3.05, 3.63) is 64.5 Å². The van der Waals surface area contributed by atoms with Gasteiger partial charge in [-0.05, 0) is 43.5 Å². The van der Waals surface area contributed by atoms with Crippen molar-refractivity contribution in [3.8, 4) is 11.8 Å². The van der Waals surface area contributed by atoms with Crippen LogP contribution in [0.15, 0.2) is 36.4 Å². The first-order valence-corrected chi connectivity index (χ1v) is 5.71. The third-order valence-corrected chi connectivity index (χ3v) is 2.61. The summed E-state index contributed by atoms with van der Waals surface area (Å²) in [6.07, 6.45) is 0.816. The van der Waals surface area contributed by atoms with Gasteiger partial charge in [0, 0.05) is 11.3 Å². The number of nitrogens with zero attached hydrogens (tertiary/aromatic N) is 1. The minimum Gasteiger partial charge on any atom is -0.298 e. The third-order valence-electron chi connectivity index (χ3n) is 2.61. The van der Waals surface area contributed by atoms with Crippen LogP contribution < -0.4 is 0 Å². The largest absolute Gasteiger partial charge is 0.298 e. The highest BCUT2D eigenvalue weighted by atomic mass is 16.1. The Hall–Kier alpha value is -2.40. The summed E-state index contributed by atoms with van der Waals surface area (Å²) in [6.45, 7) is 3.79. The van der Waals surface area contributed by atoms with E-state index in [1.165, 1.54) is 0 Å². The number of aryl methyl sites for hydroxylation is 2. The second-order valence-electron chi connectivity index (χ2n) is 4.08. The van der Waals surface area contributed by atoms with Gasteiger partial charge >= 0.3 is 0 Å². The Morgan fingerprint density at radius 1 is 1.11 bits per heavy atom. The highest BCUT2D eigenvalue weighted by Crippen LogP contribution is 2.11. The van der Waals surface area contributed by atoms with Crippen molar-refractivity contribution in [1.82, 2.24) is 4.98 Å². The Kier molecular flexibility index (Phi) is 3.54. The van der Waals surface area contributed by atoms with Crippen molar-refractivity contribution in [2.75, 3.05) is 0 Å². The number of aromatic nitrogens is 1. The standard InChI is InChI=1S/C16H13NO/c1-12-10-13(2)17-16(15(12)11-18)9-8-14-6-4-3-5-7-14/h3-7,10-11H,1-2H3. The van der Waals surface area contributed by atoms with Gasteiger partial charge in [0.1, 0.15) is 5.69 Å². The van der Waals surface area contributed by atoms with Crippen molar-refractivity contribution in [2.24, 2.45) is 0 Å². The summed E-state index contributed by atoms with van der Waals surface area (Å²) in [7, 11) is 0. The molecule has 0 atom stereocenters. The number of hydrogen-bond acceptors (Lipinski definition) is 2. The van der Waals surface area contributed by atoms with E-state index in [0.717, 1.165) is 23.1 Å². The van der Waals surface area contributed by atoms with E-state index in [1.807, 2.05) is 50.2 Å². The summed E-state index contributed by atoms with van der Waals surface area (Å²) >= 11 is 0. The molecule has 0 saturated heterocycles. The second-order valence-corrected chi connectivity index (χ2v) is 4.08. The van der Waals surface area contributed by atoms with Gasteiger partial charge < -0.3 is 0 Å². The second kappa shape index (κ2) is 5.29. The molecular formula is C16H13NO. The van der Waals surface area contributed by atoms with Crippen LogP contribution in [0.4, 0.5) is 0 Å². The highest BCUT2D eigenvalue weighted by molar-refractivity contribution is 5.80. The summed E-state index contributed by atoms with van der Waals surface area (Å²) in [5.74, 6) is 5.99. The highest BCUT2D eigenvalue weighted by Gasteiger charge is 2.05. The fourth-order valence-corrected chi connectivity index (χ4v) is 1.74. The number of carbonyl (C=O) groups excluding carboxylic acids is 1. The Balaban J connectivity index is 2.47. The lowest BCUT2D eigenvalue weighted by Gasteiger charge is -2.02. The Morgan fingerprint density at radius 3 is 2.50 bits per heavy atom. The van der Waals surface area contributed by atoms with Gasteiger partial charge in [-0.25, -0.2) is 4.98 Å². The van der Waals surface area contributed by atoms with Crippen molar-refractivity contribution in [2.45, 2.75) is 13.8 Å². The van der Waals surface area contributed by atoms with Crippen LogP contribution in [0.3, 0.4) is 0 Å². The zero-order valence-corrected chi connectivity index (χ0v) is 10.4. The smallest absolute Gasteiger partial charge is 0.153 e. The predicted molar refractivity (Wildman–Crippen MR) is 71.5 cm³/mol. The molecule has 0 unspecified atom stereocenters. The summed E-state index contributed by atoms with van der Waals surface area (Å²) in [6, 6.07) is 11.5. The van der Waals surface area contributed by atoms with E-state index < -0.39 is 0 Å². The minimum absolute atomic E-state index is 0.548. The van der Waals surface area contributed by atoms with Gasteiger partial charge in [0.05, 0.1) is 5.56 Å². The maximum atomic E-state index is 11.1. The molecule has 1 aromatic carbocycles. The third kappa shape index (κ3) is 2.64. The molecule has 0 spiro atoms. The van der Waals surface area contributed by atoms with E-state index in [9.17, 15) is 4.79 Å². The number of pyridine rings is 1. The van der Waals surface area contributed by atoms with E-state index in [-0.39, 0.29) is 0 Å². The van der Waals surface area contributed by atoms with E-state index >= 15 is 0 Å². The molecule has 0 bridgehead atoms. The molecule has 0 aliphatic heterocycles. The average molecular weight is 235 g/mol. The Morgan fingerprint density at radius 2 is 1.83 bits per heavy atom. The van der Waals surface area contributed by atoms with Gasteiger partial charge in [-0.2, -0.15) is 0 Å². The number of carbonyl (C=O) groups is 1. The lowest BCUT2D eigenvalue weighted by atomic mass is 10.1. The Labute approximate surface area is 107 Å². The van der Waals surface area contributed by atoms with Crippen LogP contribution >= 0.6 is 0 Å². The van der Waals surface area contributed by atoms with Gasteiger partial charge in [0.15, 0.2) is 6.29 Å². The van der Waals surface area contributed by atoms with Crippen LogP contribution in [0.25, 0.3) is 0 Å². The first kappa shape index (κ1) is 12.1. The molecule has 1 aromatic heterocycles. The lowest BCUT2D eigenvalue weighted by Crippen LogP contribution is -1.98. The van der Waals surface area contributed by atoms with Crippen LogP contribution in [0.2, 0.25) is 0 Å². The van der Waals surface area contributed by atoms with Crippen LogP contribution in [-0.4, -0.2) is 11.3 Å². The average Bonchev–Trinajstić information content (AvgIpc) is 2.37. The van der Waals surface area contributed by atoms with Gasteiger partial charge in [-0.15, -0.1) is 0 Å². The molecule has 0 N–H and O–H groups in total. The fourth-order valence-electron chi connectivity index (χ4n) is 1.74. The van der Waals surface area contributed by atoms with Crippen molar-refractivity contribution < 1.29 is 4.79 Å². The molecule has 0 saturated carbocycles. The van der Waals surface area contributed by atoms with Gasteiger partial charge in [0.25, 0.3) is 0 Å². The molecule has 2 aromatic rings. The number of hydrogen-bond donors (Lipinski definition) is 0. The number of aldehydes is 1. The van der Waals surface area contributed by atoms with E-state index in [4.69, 9.17) is 0 Å². The van der Waals surface area contributed by atoms with Crippen LogP contribution in [0.5, 0.6) is 0 Å². The van der Waals surface area contributed by atoms with Crippen molar-refractivity contribution >= 4 is 6.29 Å². The molecule has 0 fully saturated rings. The maximum Gasteiger partial charge on any atom is 0.153 e. The molecule has 0 radical (unpaired) electrons. The Bertz CT molecular complexity index is 633. The van der Waals surface area contributed by atoms with E-state index in [1.54, 1.807) is 0 Å². The monoisotopic (exact) mass is 235 g/mol. The molecule has 1 heterocycles. The molecule has 2 heteroatoms. The SMILES string of the molecule is Cc1cc(C)c(C=O)c(C#Cc2ccccc2)n1. The van der Waals surface area contributed by atoms with Crippen molar-refractivity contribution in [3.63, 3.8) is 0 Å². The minimum atomic E-state index is 0.548. The zero-order valence-electron chi connectivity index (χ0n) is 10.4. The normalized spacial score (nSPS) is 9.44. The summed E-state index contributed by atoms with van der Waals surface area (Å²) < 4.78 is 0. The summed E-state index contributed by atoms with van der Waals surface area (Å²) in [5.41, 5.74) is 3.82. The van der Waals surface area contributed by atoms with Crippen LogP contribution in [0, 0.1) is 25.7 Å². The molecule has 88 valence electrons.